The molecule has 0 saturated carbocycles. The Morgan fingerprint density at radius 2 is 1.71 bits per heavy atom. The Morgan fingerprint density at radius 1 is 1.36 bits per heavy atom. The molecule has 0 unspecified atom stereocenters. The summed E-state index contributed by atoms with van der Waals surface area (Å²) >= 11 is 0. The Labute approximate surface area is 115 Å². The zero-order valence-corrected chi connectivity index (χ0v) is 10.6. The zero-order valence-electron chi connectivity index (χ0n) is 8.44. The van der Waals surface area contributed by atoms with Crippen LogP contribution >= 0.6 is 0 Å². The molecule has 0 amide bonds. The maximum atomic E-state index is 9.37. The summed E-state index contributed by atoms with van der Waals surface area (Å²) in [5, 5.41) is 7.72. The van der Waals surface area contributed by atoms with E-state index in [2.05, 4.69) is 18.8 Å². The number of hydrogen-bond donors (Lipinski definition) is 2. The largest absolute Gasteiger partial charge is 2.00 e. The van der Waals surface area contributed by atoms with Crippen molar-refractivity contribution in [2.75, 3.05) is 0 Å². The average Bonchev–Trinajstić information content (AvgIpc) is 2.24. The van der Waals surface area contributed by atoms with E-state index in [1.165, 1.54) is 0 Å². The van der Waals surface area contributed by atoms with Crippen LogP contribution in [0.25, 0.3) is 0 Å². The van der Waals surface area contributed by atoms with Crippen molar-refractivity contribution in [2.45, 2.75) is 13.3 Å². The third-order valence-corrected chi connectivity index (χ3v) is 0.910. The number of rotatable bonds is 1. The van der Waals surface area contributed by atoms with Crippen LogP contribution < -0.4 is 5.73 Å². The van der Waals surface area contributed by atoms with Crippen LogP contribution in [0.15, 0.2) is 30.3 Å². The number of benzene rings is 1. The molecule has 4 heteroatoms. The van der Waals surface area contributed by atoms with Crippen molar-refractivity contribution in [3.05, 3.63) is 43.4 Å². The van der Waals surface area contributed by atoms with Crippen LogP contribution in [-0.2, 0) is 4.79 Å². The number of carboxylic acids is 1. The third kappa shape index (κ3) is 22.7. The van der Waals surface area contributed by atoms with Gasteiger partial charge in [0, 0.05) is 6.42 Å². The van der Waals surface area contributed by atoms with Crippen molar-refractivity contribution in [1.82, 2.24) is 0 Å². The Kier molecular flexibility index (Phi) is 25.9. The number of nitrogens with two attached hydrogens (primary N) is 1. The minimum absolute atomic E-state index is 0. The predicted molar refractivity (Wildman–Crippen MR) is 58.5 cm³/mol. The molecule has 0 aromatic heterocycles. The van der Waals surface area contributed by atoms with Crippen molar-refractivity contribution < 1.29 is 9.90 Å². The van der Waals surface area contributed by atoms with Gasteiger partial charge in [0.2, 0.25) is 0 Å². The van der Waals surface area contributed by atoms with Gasteiger partial charge < -0.3 is 10.8 Å². The summed E-state index contributed by atoms with van der Waals surface area (Å²) < 4.78 is 0. The first-order valence-corrected chi connectivity index (χ1v) is 3.81. The van der Waals surface area contributed by atoms with Gasteiger partial charge in [0.05, 0.1) is 0 Å². The zero-order chi connectivity index (χ0) is 10.5. The maximum Gasteiger partial charge on any atom is 2.00 e. The molecule has 0 saturated heterocycles. The fraction of sp³-hybridized carbons (Fsp3) is 0.200. The summed E-state index contributed by atoms with van der Waals surface area (Å²) in [7, 11) is 2.75. The van der Waals surface area contributed by atoms with Crippen LogP contribution in [0.2, 0.25) is 0 Å². The van der Waals surface area contributed by atoms with Crippen molar-refractivity contribution in [1.29, 1.82) is 0 Å². The summed E-state index contributed by atoms with van der Waals surface area (Å²) in [6.45, 7) is 1.60. The van der Waals surface area contributed by atoms with Crippen molar-refractivity contribution in [3.8, 4) is 0 Å². The minimum atomic E-state index is -0.745. The number of aliphatic carboxylic acids is 1. The van der Waals surface area contributed by atoms with Crippen molar-refractivity contribution >= 4 is 43.7 Å². The molecule has 0 aliphatic rings. The van der Waals surface area contributed by atoms with Gasteiger partial charge in [-0.05, 0) is 0 Å². The van der Waals surface area contributed by atoms with E-state index in [9.17, 15) is 4.79 Å². The molecule has 0 atom stereocenters. The van der Waals surface area contributed by atoms with E-state index < -0.39 is 5.97 Å². The molecule has 0 heterocycles. The van der Waals surface area contributed by atoms with E-state index in [0.29, 0.717) is 0 Å². The van der Waals surface area contributed by atoms with Gasteiger partial charge in [-0.3, -0.25) is 11.8 Å². The molecule has 14 heavy (non-hydrogen) atoms. The molecule has 3 N–H and O–H groups in total. The first kappa shape index (κ1) is 19.5. The molecule has 0 radical (unpaired) electrons. The Morgan fingerprint density at radius 3 is 1.79 bits per heavy atom. The minimum Gasteiger partial charge on any atom is -0.486 e. The van der Waals surface area contributed by atoms with Gasteiger partial charge in [0.1, 0.15) is 0 Å². The second-order valence-electron chi connectivity index (χ2n) is 1.82. The monoisotopic (exact) mass is 221 g/mol. The van der Waals surface area contributed by atoms with Gasteiger partial charge in [0.25, 0.3) is 0 Å². The second-order valence-corrected chi connectivity index (χ2v) is 1.82. The number of hydrogen-bond acceptors (Lipinski definition) is 2. The van der Waals surface area contributed by atoms with E-state index in [-0.39, 0.29) is 44.2 Å². The van der Waals surface area contributed by atoms with Gasteiger partial charge >= 0.3 is 43.7 Å². The maximum absolute atomic E-state index is 9.37. The van der Waals surface area contributed by atoms with Crippen LogP contribution in [0, 0.1) is 13.1 Å². The quantitative estimate of drug-likeness (QED) is 0.555. The van der Waals surface area contributed by atoms with Crippen molar-refractivity contribution in [2.24, 2.45) is 5.73 Å². The van der Waals surface area contributed by atoms with Crippen LogP contribution in [0.1, 0.15) is 13.3 Å². The van der Waals surface area contributed by atoms with E-state index in [4.69, 9.17) is 5.11 Å². The molecule has 0 aliphatic carbocycles. The molecular formula is C10H15CaNO2. The van der Waals surface area contributed by atoms with E-state index in [1.807, 2.05) is 30.3 Å². The molecule has 0 aliphatic heterocycles. The SMILES string of the molecule is CCC(=O)O.[CH2-]N.[Ca+2].[c-]1ccccc1. The summed E-state index contributed by atoms with van der Waals surface area (Å²) in [4.78, 5) is 9.37. The Bertz CT molecular complexity index is 166. The van der Waals surface area contributed by atoms with Crippen LogP contribution in [0.3, 0.4) is 0 Å². The fourth-order valence-corrected chi connectivity index (χ4v) is 0.342. The van der Waals surface area contributed by atoms with Crippen molar-refractivity contribution in [3.63, 3.8) is 0 Å². The van der Waals surface area contributed by atoms with Gasteiger partial charge in [0.15, 0.2) is 0 Å². The topological polar surface area (TPSA) is 63.3 Å². The summed E-state index contributed by atoms with van der Waals surface area (Å²) in [6, 6.07) is 12.5. The van der Waals surface area contributed by atoms with E-state index >= 15 is 0 Å². The summed E-state index contributed by atoms with van der Waals surface area (Å²) in [5.74, 6) is -0.745. The molecule has 0 spiro atoms. The molecule has 3 nitrogen and oxygen atoms in total. The fourth-order valence-electron chi connectivity index (χ4n) is 0.342. The first-order chi connectivity index (χ1) is 6.27. The second kappa shape index (κ2) is 18.6. The van der Waals surface area contributed by atoms with Gasteiger partial charge in [-0.25, -0.2) is 0 Å². The molecule has 0 bridgehead atoms. The number of carbonyl (C=O) groups is 1. The normalized spacial score (nSPS) is 6.50. The Hall–Kier alpha value is -0.0903. The van der Waals surface area contributed by atoms with Gasteiger partial charge in [-0.1, -0.05) is 6.92 Å². The summed E-state index contributed by atoms with van der Waals surface area (Å²) in [5.41, 5.74) is 4.25. The smallest absolute Gasteiger partial charge is 0.486 e. The molecule has 1 aromatic rings. The first-order valence-electron chi connectivity index (χ1n) is 3.81. The molecular weight excluding hydrogens is 206 g/mol. The average molecular weight is 221 g/mol. The van der Waals surface area contributed by atoms with E-state index in [1.54, 1.807) is 6.92 Å². The Balaban J connectivity index is -0.000000141. The van der Waals surface area contributed by atoms with Crippen LogP contribution in [0.4, 0.5) is 0 Å². The molecule has 1 aromatic carbocycles. The van der Waals surface area contributed by atoms with Crippen LogP contribution in [-0.4, -0.2) is 48.8 Å². The predicted octanol–water partition coefficient (Wildman–Crippen LogP) is 1.32. The molecule has 0 fully saturated rings. The molecule has 1 rings (SSSR count). The summed E-state index contributed by atoms with van der Waals surface area (Å²) in [6.07, 6.45) is 0.222. The van der Waals surface area contributed by atoms with Crippen LogP contribution in [0.5, 0.6) is 0 Å². The molecule has 74 valence electrons. The number of carboxylic acid groups (broad SMARTS) is 1. The standard InChI is InChI=1S/C6H5.C3H6O2.CH4N.Ca/c1-2-4-6-5-3-1;1-2-3(4)5;1-2;/h1-5H;2H2,1H3,(H,4,5);1-2H2;/q-1;;-1;+2. The van der Waals surface area contributed by atoms with Gasteiger partial charge in [-0.15, -0.1) is 0 Å². The third-order valence-electron chi connectivity index (χ3n) is 0.910. The van der Waals surface area contributed by atoms with E-state index in [0.717, 1.165) is 0 Å². The van der Waals surface area contributed by atoms with Gasteiger partial charge in [-0.2, -0.15) is 36.4 Å².